The molecule has 8 heteroatoms. The van der Waals surface area contributed by atoms with Gasteiger partial charge in [0, 0.05) is 36.6 Å². The molecule has 2 atom stereocenters. The van der Waals surface area contributed by atoms with Crippen LogP contribution in [0, 0.1) is 6.92 Å². The SMILES string of the molecule is Cc1csc(C2CCCN(C(=O)C3COCCN3)C2)n1.Cl.Cl. The van der Waals surface area contributed by atoms with E-state index in [0.717, 1.165) is 38.2 Å². The minimum absolute atomic E-state index is 0. The molecule has 0 radical (unpaired) electrons. The highest BCUT2D eigenvalue weighted by atomic mass is 35.5. The monoisotopic (exact) mass is 367 g/mol. The number of ether oxygens (including phenoxy) is 1. The van der Waals surface area contributed by atoms with E-state index in [-0.39, 0.29) is 36.8 Å². The molecule has 2 unspecified atom stereocenters. The summed E-state index contributed by atoms with van der Waals surface area (Å²) >= 11 is 1.72. The molecule has 5 nitrogen and oxygen atoms in total. The van der Waals surface area contributed by atoms with Crippen molar-refractivity contribution in [3.05, 3.63) is 16.1 Å². The second-order valence-electron chi connectivity index (χ2n) is 5.53. The van der Waals surface area contributed by atoms with E-state index < -0.39 is 0 Å². The van der Waals surface area contributed by atoms with Crippen LogP contribution in [0.15, 0.2) is 5.38 Å². The van der Waals surface area contributed by atoms with Gasteiger partial charge in [0.15, 0.2) is 0 Å². The van der Waals surface area contributed by atoms with Crippen LogP contribution in [0.5, 0.6) is 0 Å². The summed E-state index contributed by atoms with van der Waals surface area (Å²) < 4.78 is 5.39. The fourth-order valence-corrected chi connectivity index (χ4v) is 3.81. The van der Waals surface area contributed by atoms with Gasteiger partial charge in [-0.2, -0.15) is 0 Å². The average molecular weight is 368 g/mol. The van der Waals surface area contributed by atoms with Crippen molar-refractivity contribution in [3.8, 4) is 0 Å². The summed E-state index contributed by atoms with van der Waals surface area (Å²) in [6.45, 7) is 5.64. The lowest BCUT2D eigenvalue weighted by molar-refractivity contribution is -0.137. The molecule has 0 bridgehead atoms. The maximum atomic E-state index is 12.5. The molecule has 0 saturated carbocycles. The quantitative estimate of drug-likeness (QED) is 0.868. The number of morpholine rings is 1. The molecule has 1 N–H and O–H groups in total. The van der Waals surface area contributed by atoms with E-state index in [9.17, 15) is 4.79 Å². The predicted octanol–water partition coefficient (Wildman–Crippen LogP) is 1.99. The Morgan fingerprint density at radius 2 is 2.32 bits per heavy atom. The summed E-state index contributed by atoms with van der Waals surface area (Å²) in [5.74, 6) is 0.582. The van der Waals surface area contributed by atoms with Crippen LogP contribution >= 0.6 is 36.2 Å². The van der Waals surface area contributed by atoms with Gasteiger partial charge in [0.05, 0.1) is 18.2 Å². The standard InChI is InChI=1S/C14H21N3O2S.2ClH/c1-10-9-20-13(16-10)11-3-2-5-17(7-11)14(18)12-8-19-6-4-15-12;;/h9,11-12,15H,2-8H2,1H3;2*1H. The number of hydrogen-bond donors (Lipinski definition) is 1. The van der Waals surface area contributed by atoms with Gasteiger partial charge < -0.3 is 15.0 Å². The number of nitrogens with one attached hydrogen (secondary N) is 1. The molecule has 22 heavy (non-hydrogen) atoms. The Balaban J connectivity index is 0.00000121. The maximum Gasteiger partial charge on any atom is 0.242 e. The lowest BCUT2D eigenvalue weighted by Crippen LogP contribution is -2.54. The number of aryl methyl sites for hydroxylation is 1. The van der Waals surface area contributed by atoms with Gasteiger partial charge in [-0.3, -0.25) is 4.79 Å². The number of carbonyl (C=O) groups excluding carboxylic acids is 1. The van der Waals surface area contributed by atoms with Gasteiger partial charge in [-0.05, 0) is 19.8 Å². The fraction of sp³-hybridized carbons (Fsp3) is 0.714. The first-order chi connectivity index (χ1) is 9.74. The molecule has 0 aliphatic carbocycles. The summed E-state index contributed by atoms with van der Waals surface area (Å²) in [6, 6.07) is -0.166. The smallest absolute Gasteiger partial charge is 0.242 e. The molecule has 1 aromatic heterocycles. The highest BCUT2D eigenvalue weighted by Crippen LogP contribution is 2.29. The van der Waals surface area contributed by atoms with Gasteiger partial charge >= 0.3 is 0 Å². The number of likely N-dealkylation sites (tertiary alicyclic amines) is 1. The van der Waals surface area contributed by atoms with Crippen molar-refractivity contribution in [2.24, 2.45) is 0 Å². The van der Waals surface area contributed by atoms with Crippen molar-refractivity contribution in [3.63, 3.8) is 0 Å². The van der Waals surface area contributed by atoms with Crippen LogP contribution in [0.1, 0.15) is 29.5 Å². The summed E-state index contributed by atoms with van der Waals surface area (Å²) in [6.07, 6.45) is 2.19. The van der Waals surface area contributed by atoms with Gasteiger partial charge in [0.2, 0.25) is 5.91 Å². The Labute approximate surface area is 147 Å². The van der Waals surface area contributed by atoms with E-state index in [1.807, 2.05) is 11.8 Å². The zero-order valence-corrected chi connectivity index (χ0v) is 15.1. The molecule has 126 valence electrons. The van der Waals surface area contributed by atoms with Crippen molar-refractivity contribution in [1.82, 2.24) is 15.2 Å². The maximum absolute atomic E-state index is 12.5. The van der Waals surface area contributed by atoms with Crippen LogP contribution in [0.25, 0.3) is 0 Å². The van der Waals surface area contributed by atoms with E-state index >= 15 is 0 Å². The van der Waals surface area contributed by atoms with Crippen molar-refractivity contribution in [2.45, 2.75) is 31.7 Å². The Bertz CT molecular complexity index is 480. The normalized spacial score (nSPS) is 25.0. The Morgan fingerprint density at radius 1 is 1.50 bits per heavy atom. The summed E-state index contributed by atoms with van der Waals surface area (Å²) in [4.78, 5) is 19.1. The second kappa shape index (κ2) is 9.03. The van der Waals surface area contributed by atoms with Crippen LogP contribution < -0.4 is 5.32 Å². The first-order valence-corrected chi connectivity index (χ1v) is 8.14. The third kappa shape index (κ3) is 4.55. The van der Waals surface area contributed by atoms with Gasteiger partial charge in [0.25, 0.3) is 0 Å². The molecular weight excluding hydrogens is 345 g/mol. The van der Waals surface area contributed by atoms with E-state index in [1.54, 1.807) is 11.3 Å². The third-order valence-electron chi connectivity index (χ3n) is 3.94. The molecule has 0 spiro atoms. The average Bonchev–Trinajstić information content (AvgIpc) is 2.94. The van der Waals surface area contributed by atoms with E-state index in [4.69, 9.17) is 4.74 Å². The van der Waals surface area contributed by atoms with Crippen LogP contribution in [0.2, 0.25) is 0 Å². The zero-order valence-electron chi connectivity index (χ0n) is 12.6. The number of piperidine rings is 1. The number of hydrogen-bond acceptors (Lipinski definition) is 5. The highest BCUT2D eigenvalue weighted by molar-refractivity contribution is 7.09. The molecule has 0 aromatic carbocycles. The van der Waals surface area contributed by atoms with E-state index in [2.05, 4.69) is 15.7 Å². The van der Waals surface area contributed by atoms with Crippen LogP contribution in [-0.2, 0) is 9.53 Å². The van der Waals surface area contributed by atoms with Crippen molar-refractivity contribution < 1.29 is 9.53 Å². The topological polar surface area (TPSA) is 54.5 Å². The summed E-state index contributed by atoms with van der Waals surface area (Å²) in [5, 5.41) is 6.51. The highest BCUT2D eigenvalue weighted by Gasteiger charge is 2.31. The molecule has 2 saturated heterocycles. The molecule has 2 aliphatic heterocycles. The van der Waals surface area contributed by atoms with Crippen LogP contribution in [0.3, 0.4) is 0 Å². The van der Waals surface area contributed by atoms with Gasteiger partial charge in [-0.1, -0.05) is 0 Å². The first kappa shape index (κ1) is 19.6. The molecule has 3 rings (SSSR count). The number of amides is 1. The fourth-order valence-electron chi connectivity index (χ4n) is 2.88. The Morgan fingerprint density at radius 3 is 2.95 bits per heavy atom. The summed E-state index contributed by atoms with van der Waals surface area (Å²) in [7, 11) is 0. The molecule has 2 fully saturated rings. The molecular formula is C14H23Cl2N3O2S. The van der Waals surface area contributed by atoms with Gasteiger partial charge in [-0.15, -0.1) is 36.2 Å². The molecule has 2 aliphatic rings. The lowest BCUT2D eigenvalue weighted by atomic mass is 9.98. The lowest BCUT2D eigenvalue weighted by Gasteiger charge is -2.35. The molecule has 3 heterocycles. The number of carbonyl (C=O) groups is 1. The van der Waals surface area contributed by atoms with Gasteiger partial charge in [-0.25, -0.2) is 4.98 Å². The van der Waals surface area contributed by atoms with E-state index in [0.29, 0.717) is 19.1 Å². The first-order valence-electron chi connectivity index (χ1n) is 7.26. The summed E-state index contributed by atoms with van der Waals surface area (Å²) in [5.41, 5.74) is 1.08. The number of aromatic nitrogens is 1. The van der Waals surface area contributed by atoms with Crippen LogP contribution in [0.4, 0.5) is 0 Å². The van der Waals surface area contributed by atoms with E-state index in [1.165, 1.54) is 5.01 Å². The third-order valence-corrected chi connectivity index (χ3v) is 5.06. The van der Waals surface area contributed by atoms with Crippen LogP contribution in [-0.4, -0.2) is 54.7 Å². The minimum Gasteiger partial charge on any atom is -0.378 e. The van der Waals surface area contributed by atoms with Gasteiger partial charge in [0.1, 0.15) is 6.04 Å². The minimum atomic E-state index is -0.166. The van der Waals surface area contributed by atoms with Crippen molar-refractivity contribution >= 4 is 42.1 Å². The zero-order chi connectivity index (χ0) is 13.9. The number of nitrogens with zero attached hydrogens (tertiary/aromatic N) is 2. The Kier molecular flexibility index (Phi) is 8.07. The largest absolute Gasteiger partial charge is 0.378 e. The number of rotatable bonds is 2. The van der Waals surface area contributed by atoms with Crippen molar-refractivity contribution in [2.75, 3.05) is 32.8 Å². The second-order valence-corrected chi connectivity index (χ2v) is 6.42. The van der Waals surface area contributed by atoms with Crippen molar-refractivity contribution in [1.29, 1.82) is 0 Å². The Hall–Kier alpha value is -0.400. The predicted molar refractivity (Wildman–Crippen MR) is 92.5 cm³/mol. The molecule has 1 amide bonds. The number of halogens is 2. The number of thiazole rings is 1. The molecule has 1 aromatic rings.